The van der Waals surface area contributed by atoms with Gasteiger partial charge < -0.3 is 10.6 Å². The number of likely N-dealkylation sites (N-methyl/N-ethyl adjacent to an activating group) is 1. The minimum absolute atomic E-state index is 0.0875. The van der Waals surface area contributed by atoms with E-state index in [-0.39, 0.29) is 30.0 Å². The Hall–Kier alpha value is -2.36. The van der Waals surface area contributed by atoms with E-state index < -0.39 is 17.9 Å². The molecule has 1 aromatic heterocycles. The number of carbonyl (C=O) groups excluding carboxylic acids is 3. The van der Waals surface area contributed by atoms with Crippen LogP contribution in [0.4, 0.5) is 0 Å². The molecule has 0 aliphatic rings. The van der Waals surface area contributed by atoms with E-state index in [0.717, 1.165) is 9.77 Å². The predicted octanol–water partition coefficient (Wildman–Crippen LogP) is 3.54. The summed E-state index contributed by atoms with van der Waals surface area (Å²) < 4.78 is 0.989. The summed E-state index contributed by atoms with van der Waals surface area (Å²) in [6, 6.07) is 12.5. The largest absolute Gasteiger partial charge is 0.357 e. The lowest BCUT2D eigenvalue weighted by Gasteiger charge is -2.24. The summed E-state index contributed by atoms with van der Waals surface area (Å²) in [6.45, 7) is 3.93. The zero-order chi connectivity index (χ0) is 23.5. The molecule has 174 valence electrons. The van der Waals surface area contributed by atoms with Crippen molar-refractivity contribution in [2.75, 3.05) is 12.9 Å². The molecule has 9 heteroatoms. The highest BCUT2D eigenvalue weighted by Crippen LogP contribution is 2.24. The molecule has 1 aromatic carbocycles. The fourth-order valence-electron chi connectivity index (χ4n) is 3.23. The summed E-state index contributed by atoms with van der Waals surface area (Å²) >= 11 is 2.88. The van der Waals surface area contributed by atoms with Gasteiger partial charge in [-0.1, -0.05) is 62.0 Å². The lowest BCUT2D eigenvalue weighted by molar-refractivity contribution is -0.163. The maximum atomic E-state index is 13.1. The average molecular weight is 478 g/mol. The number of rotatable bonds is 12. The molecule has 0 spiro atoms. The lowest BCUT2D eigenvalue weighted by Crippen LogP contribution is -2.49. The molecule has 0 aliphatic heterocycles. The molecule has 0 saturated carbocycles. The van der Waals surface area contributed by atoms with Crippen molar-refractivity contribution in [2.24, 2.45) is 11.8 Å². The highest BCUT2D eigenvalue weighted by atomic mass is 32.2. The second-order valence-electron chi connectivity index (χ2n) is 7.89. The Labute approximate surface area is 197 Å². The van der Waals surface area contributed by atoms with E-state index in [2.05, 4.69) is 10.6 Å². The molecule has 0 saturated heterocycles. The molecule has 2 atom stereocenters. The van der Waals surface area contributed by atoms with E-state index in [1.165, 1.54) is 30.1 Å². The van der Waals surface area contributed by atoms with Crippen LogP contribution in [-0.2, 0) is 20.8 Å². The Morgan fingerprint density at radius 3 is 2.41 bits per heavy atom. The van der Waals surface area contributed by atoms with Crippen LogP contribution in [0.25, 0.3) is 0 Å². The van der Waals surface area contributed by atoms with Gasteiger partial charge in [-0.2, -0.15) is 0 Å². The summed E-state index contributed by atoms with van der Waals surface area (Å²) in [5, 5.41) is 18.1. The summed E-state index contributed by atoms with van der Waals surface area (Å²) in [4.78, 5) is 38.0. The van der Waals surface area contributed by atoms with Gasteiger partial charge in [-0.25, -0.2) is 5.06 Å². The first-order valence-electron chi connectivity index (χ1n) is 10.5. The number of nitrogens with one attached hydrogen (secondary N) is 2. The minimum atomic E-state index is -0.751. The highest BCUT2D eigenvalue weighted by molar-refractivity contribution is 8.01. The fraction of sp³-hybridized carbons (Fsp3) is 0.435. The van der Waals surface area contributed by atoms with Crippen molar-refractivity contribution in [1.29, 1.82) is 0 Å². The van der Waals surface area contributed by atoms with Crippen molar-refractivity contribution >= 4 is 40.8 Å². The van der Waals surface area contributed by atoms with Crippen LogP contribution in [0, 0.1) is 11.8 Å². The lowest BCUT2D eigenvalue weighted by atomic mass is 9.92. The van der Waals surface area contributed by atoms with Crippen LogP contribution in [0.15, 0.2) is 52.1 Å². The first-order valence-corrected chi connectivity index (χ1v) is 12.4. The minimum Gasteiger partial charge on any atom is -0.357 e. The average Bonchev–Trinajstić information content (AvgIpc) is 3.30. The van der Waals surface area contributed by atoms with Crippen LogP contribution in [0.2, 0.25) is 0 Å². The molecule has 0 radical (unpaired) electrons. The molecule has 32 heavy (non-hydrogen) atoms. The number of thiophene rings is 1. The first-order chi connectivity index (χ1) is 15.3. The van der Waals surface area contributed by atoms with Crippen molar-refractivity contribution in [3.8, 4) is 0 Å². The fourth-order valence-corrected chi connectivity index (χ4v) is 4.85. The third kappa shape index (κ3) is 8.64. The van der Waals surface area contributed by atoms with Gasteiger partial charge in [0.25, 0.3) is 0 Å². The molecule has 0 bridgehead atoms. The topological polar surface area (TPSA) is 98.7 Å². The second kappa shape index (κ2) is 13.2. The van der Waals surface area contributed by atoms with E-state index in [9.17, 15) is 19.6 Å². The molecule has 2 rings (SSSR count). The second-order valence-corrected chi connectivity index (χ2v) is 10.1. The number of benzene rings is 1. The Bertz CT molecular complexity index is 859. The summed E-state index contributed by atoms with van der Waals surface area (Å²) in [6.07, 6.45) is 0.685. The highest BCUT2D eigenvalue weighted by Gasteiger charge is 2.29. The van der Waals surface area contributed by atoms with Crippen molar-refractivity contribution in [1.82, 2.24) is 15.7 Å². The van der Waals surface area contributed by atoms with Gasteiger partial charge in [-0.05, 0) is 29.3 Å². The van der Waals surface area contributed by atoms with Crippen molar-refractivity contribution in [3.05, 3.63) is 53.4 Å². The van der Waals surface area contributed by atoms with Gasteiger partial charge in [0, 0.05) is 25.8 Å². The number of nitrogens with zero attached hydrogens (tertiary/aromatic N) is 1. The molecule has 0 fully saturated rings. The quantitative estimate of drug-likeness (QED) is 0.188. The van der Waals surface area contributed by atoms with Crippen LogP contribution < -0.4 is 10.6 Å². The Morgan fingerprint density at radius 1 is 1.09 bits per heavy atom. The van der Waals surface area contributed by atoms with Gasteiger partial charge >= 0.3 is 0 Å². The molecule has 3 N–H and O–H groups in total. The van der Waals surface area contributed by atoms with Gasteiger partial charge in [-0.15, -0.1) is 11.3 Å². The van der Waals surface area contributed by atoms with Crippen molar-refractivity contribution < 1.29 is 19.6 Å². The van der Waals surface area contributed by atoms with E-state index in [1.54, 1.807) is 0 Å². The number of thioether (sulfide) groups is 1. The summed E-state index contributed by atoms with van der Waals surface area (Å²) in [7, 11) is 1.52. The van der Waals surface area contributed by atoms with E-state index in [0.29, 0.717) is 17.9 Å². The molecule has 0 unspecified atom stereocenters. The third-order valence-corrected chi connectivity index (χ3v) is 6.92. The number of hydrogen-bond donors (Lipinski definition) is 3. The molecular formula is C23H31N3O4S2. The van der Waals surface area contributed by atoms with Gasteiger partial charge in [-0.3, -0.25) is 19.6 Å². The van der Waals surface area contributed by atoms with Crippen molar-refractivity contribution in [3.63, 3.8) is 0 Å². The van der Waals surface area contributed by atoms with E-state index in [4.69, 9.17) is 0 Å². The summed E-state index contributed by atoms with van der Waals surface area (Å²) in [5.74, 6) is -1.58. The number of hydroxylamine groups is 2. The van der Waals surface area contributed by atoms with Crippen LogP contribution in [0.5, 0.6) is 0 Å². The standard InChI is InChI=1S/C23H31N3O4S2/c1-16(2)12-18(14-20(27)26(30)15-32-21-10-7-11-31-21)22(28)25-19(23(29)24-3)13-17-8-5-4-6-9-17/h4-11,16,18-19,30H,12-15H2,1-3H3,(H,24,29)(H,25,28)/t18-,19+/m1/s1. The smallest absolute Gasteiger partial charge is 0.247 e. The van der Waals surface area contributed by atoms with Gasteiger partial charge in [0.05, 0.1) is 10.1 Å². The SMILES string of the molecule is CNC(=O)[C@H](Cc1ccccc1)NC(=O)[C@@H](CC(=O)N(O)CSc1cccs1)CC(C)C. The monoisotopic (exact) mass is 477 g/mol. The maximum Gasteiger partial charge on any atom is 0.247 e. The van der Waals surface area contributed by atoms with Crippen LogP contribution in [-0.4, -0.2) is 47.0 Å². The van der Waals surface area contributed by atoms with Crippen molar-refractivity contribution in [2.45, 2.75) is 43.4 Å². The zero-order valence-electron chi connectivity index (χ0n) is 18.6. The molecule has 3 amide bonds. The first kappa shape index (κ1) is 25.9. The maximum absolute atomic E-state index is 13.1. The number of carbonyl (C=O) groups is 3. The Kier molecular flexibility index (Phi) is 10.7. The molecule has 2 aromatic rings. The van der Waals surface area contributed by atoms with Gasteiger partial charge in [0.1, 0.15) is 6.04 Å². The molecule has 7 nitrogen and oxygen atoms in total. The Balaban J connectivity index is 2.02. The molecular weight excluding hydrogens is 446 g/mol. The van der Waals surface area contributed by atoms with Crippen LogP contribution in [0.1, 0.15) is 32.3 Å². The predicted molar refractivity (Wildman–Crippen MR) is 127 cm³/mol. The van der Waals surface area contributed by atoms with E-state index in [1.807, 2.05) is 61.7 Å². The van der Waals surface area contributed by atoms with E-state index >= 15 is 0 Å². The van der Waals surface area contributed by atoms with Gasteiger partial charge in [0.15, 0.2) is 0 Å². The normalized spacial score (nSPS) is 12.8. The number of amides is 3. The Morgan fingerprint density at radius 2 is 1.81 bits per heavy atom. The third-order valence-electron chi connectivity index (χ3n) is 4.82. The zero-order valence-corrected chi connectivity index (χ0v) is 20.2. The van der Waals surface area contributed by atoms with Gasteiger partial charge in [0.2, 0.25) is 17.7 Å². The molecule has 1 heterocycles. The van der Waals surface area contributed by atoms with Crippen LogP contribution in [0.3, 0.4) is 0 Å². The molecule has 0 aliphatic carbocycles. The van der Waals surface area contributed by atoms with Crippen LogP contribution >= 0.6 is 23.1 Å². The number of hydrogen-bond acceptors (Lipinski definition) is 6. The summed E-state index contributed by atoms with van der Waals surface area (Å²) in [5.41, 5.74) is 0.921.